The van der Waals surface area contributed by atoms with E-state index < -0.39 is 6.03 Å². The van der Waals surface area contributed by atoms with Crippen molar-refractivity contribution in [3.05, 3.63) is 35.4 Å². The summed E-state index contributed by atoms with van der Waals surface area (Å²) in [5, 5.41) is 6.76. The summed E-state index contributed by atoms with van der Waals surface area (Å²) in [6.07, 6.45) is 1.12. The molecular formula is C19H32N3O2+. The van der Waals surface area contributed by atoms with Crippen molar-refractivity contribution in [1.29, 1.82) is 0 Å². The van der Waals surface area contributed by atoms with Crippen LogP contribution in [0.2, 0.25) is 0 Å². The number of nitrogens with one attached hydrogen (secondary N) is 2. The van der Waals surface area contributed by atoms with Crippen molar-refractivity contribution in [2.45, 2.75) is 59.0 Å². The number of carbonyl (C=O) groups is 2. The van der Waals surface area contributed by atoms with Gasteiger partial charge in [-0.1, -0.05) is 52.0 Å². The Labute approximate surface area is 145 Å². The van der Waals surface area contributed by atoms with Crippen LogP contribution in [0.5, 0.6) is 0 Å². The van der Waals surface area contributed by atoms with E-state index in [1.807, 2.05) is 12.2 Å². The van der Waals surface area contributed by atoms with Gasteiger partial charge >= 0.3 is 6.03 Å². The van der Waals surface area contributed by atoms with Gasteiger partial charge < -0.3 is 10.6 Å². The van der Waals surface area contributed by atoms with Gasteiger partial charge in [0.15, 0.2) is 6.04 Å². The number of carbonyl (C=O) groups excluding carboxylic acids is 2. The smallest absolute Gasteiger partial charge is 0.321 e. The Hall–Kier alpha value is -1.88. The Morgan fingerprint density at radius 1 is 1.04 bits per heavy atom. The van der Waals surface area contributed by atoms with Crippen molar-refractivity contribution < 1.29 is 14.9 Å². The van der Waals surface area contributed by atoms with Crippen LogP contribution in [-0.2, 0) is 4.79 Å². The molecule has 0 aliphatic heterocycles. The molecule has 5 nitrogen and oxygen atoms in total. The van der Waals surface area contributed by atoms with Crippen LogP contribution >= 0.6 is 0 Å². The summed E-state index contributed by atoms with van der Waals surface area (Å²) in [6.45, 7) is 10.5. The van der Waals surface area contributed by atoms with Gasteiger partial charge in [0.05, 0.1) is 0 Å². The molecule has 0 radical (unpaired) electrons. The standard InChI is InChI=1S/C19H31N3O2/c1-7-13(4)15-8-10-16(11-9-15)17(12(2)3)21-14(5)18(23)22-19(24)20-6/h8-14,17,21H,7H2,1-6H3,(H2,20,22,23,24)/p+1/t13-,14-,17+/m0/s1. The number of benzene rings is 1. The SMILES string of the molecule is CC[C@H](C)c1ccc([C@H]([NH2+][C@@H](C)C(=O)NC(=O)NC)C(C)C)cc1. The molecular weight excluding hydrogens is 302 g/mol. The maximum Gasteiger partial charge on any atom is 0.321 e. The fourth-order valence-electron chi connectivity index (χ4n) is 2.69. The van der Waals surface area contributed by atoms with E-state index in [1.165, 1.54) is 18.2 Å². The highest BCUT2D eigenvalue weighted by molar-refractivity contribution is 5.95. The van der Waals surface area contributed by atoms with Gasteiger partial charge in [0.1, 0.15) is 6.04 Å². The molecule has 1 aromatic carbocycles. The summed E-state index contributed by atoms with van der Waals surface area (Å²) >= 11 is 0. The second-order valence-electron chi connectivity index (χ2n) is 6.80. The summed E-state index contributed by atoms with van der Waals surface area (Å²) in [5.74, 6) is 0.642. The van der Waals surface area contributed by atoms with Gasteiger partial charge in [0.2, 0.25) is 0 Å². The van der Waals surface area contributed by atoms with E-state index in [2.05, 4.69) is 62.6 Å². The van der Waals surface area contributed by atoms with Crippen LogP contribution in [0.25, 0.3) is 0 Å². The lowest BCUT2D eigenvalue weighted by atomic mass is 9.91. The predicted molar refractivity (Wildman–Crippen MR) is 96.7 cm³/mol. The maximum atomic E-state index is 12.1. The lowest BCUT2D eigenvalue weighted by Crippen LogP contribution is -2.93. The normalized spacial score (nSPS) is 14.8. The molecule has 134 valence electrons. The molecule has 24 heavy (non-hydrogen) atoms. The van der Waals surface area contributed by atoms with Crippen molar-refractivity contribution in [2.75, 3.05) is 7.05 Å². The van der Waals surface area contributed by atoms with E-state index in [0.29, 0.717) is 11.8 Å². The molecule has 0 fully saturated rings. The molecule has 0 bridgehead atoms. The fourth-order valence-corrected chi connectivity index (χ4v) is 2.69. The molecule has 3 atom stereocenters. The van der Waals surface area contributed by atoms with Gasteiger partial charge in [0.25, 0.3) is 5.91 Å². The highest BCUT2D eigenvalue weighted by Crippen LogP contribution is 2.23. The Morgan fingerprint density at radius 3 is 2.04 bits per heavy atom. The third-order valence-electron chi connectivity index (χ3n) is 4.59. The van der Waals surface area contributed by atoms with Gasteiger partial charge in [-0.05, 0) is 24.8 Å². The first-order valence-electron chi connectivity index (χ1n) is 8.77. The van der Waals surface area contributed by atoms with E-state index in [4.69, 9.17) is 0 Å². The monoisotopic (exact) mass is 334 g/mol. The molecule has 0 aliphatic carbocycles. The first-order valence-corrected chi connectivity index (χ1v) is 8.77. The van der Waals surface area contributed by atoms with Crippen molar-refractivity contribution in [1.82, 2.24) is 10.6 Å². The van der Waals surface area contributed by atoms with Crippen LogP contribution in [0.15, 0.2) is 24.3 Å². The van der Waals surface area contributed by atoms with Gasteiger partial charge in [-0.25, -0.2) is 4.79 Å². The zero-order chi connectivity index (χ0) is 18.3. The Morgan fingerprint density at radius 2 is 1.58 bits per heavy atom. The van der Waals surface area contributed by atoms with Crippen molar-refractivity contribution >= 4 is 11.9 Å². The first-order chi connectivity index (χ1) is 11.3. The highest BCUT2D eigenvalue weighted by Gasteiger charge is 2.26. The summed E-state index contributed by atoms with van der Waals surface area (Å²) in [7, 11) is 1.49. The van der Waals surface area contributed by atoms with Gasteiger partial charge in [-0.3, -0.25) is 10.1 Å². The van der Waals surface area contributed by atoms with Gasteiger partial charge in [-0.15, -0.1) is 0 Å². The van der Waals surface area contributed by atoms with Crippen molar-refractivity contribution in [3.8, 4) is 0 Å². The van der Waals surface area contributed by atoms with Crippen LogP contribution in [-0.4, -0.2) is 25.0 Å². The molecule has 3 amide bonds. The van der Waals surface area contributed by atoms with E-state index in [9.17, 15) is 9.59 Å². The van der Waals surface area contributed by atoms with Crippen molar-refractivity contribution in [3.63, 3.8) is 0 Å². The largest absolute Gasteiger partial charge is 0.341 e. The lowest BCUT2D eigenvalue weighted by Gasteiger charge is -2.23. The topological polar surface area (TPSA) is 74.8 Å². The predicted octanol–water partition coefficient (Wildman–Crippen LogP) is 2.30. The maximum absolute atomic E-state index is 12.1. The Balaban J connectivity index is 2.83. The van der Waals surface area contributed by atoms with E-state index in [-0.39, 0.29) is 18.0 Å². The van der Waals surface area contributed by atoms with E-state index >= 15 is 0 Å². The zero-order valence-corrected chi connectivity index (χ0v) is 15.7. The molecule has 4 N–H and O–H groups in total. The third kappa shape index (κ3) is 5.64. The van der Waals surface area contributed by atoms with Crippen LogP contribution in [0.3, 0.4) is 0 Å². The number of quaternary nitrogens is 1. The van der Waals surface area contributed by atoms with E-state index in [0.717, 1.165) is 6.42 Å². The van der Waals surface area contributed by atoms with Crippen LogP contribution in [0.1, 0.15) is 64.1 Å². The number of imide groups is 1. The fraction of sp³-hybridized carbons (Fsp3) is 0.579. The minimum Gasteiger partial charge on any atom is -0.341 e. The summed E-state index contributed by atoms with van der Waals surface area (Å²) < 4.78 is 0. The summed E-state index contributed by atoms with van der Waals surface area (Å²) in [4.78, 5) is 23.4. The van der Waals surface area contributed by atoms with Crippen LogP contribution in [0, 0.1) is 5.92 Å². The molecule has 0 heterocycles. The lowest BCUT2D eigenvalue weighted by molar-refractivity contribution is -0.719. The molecule has 0 spiro atoms. The minimum atomic E-state index is -0.473. The van der Waals surface area contributed by atoms with E-state index in [1.54, 1.807) is 0 Å². The molecule has 1 rings (SSSR count). The van der Waals surface area contributed by atoms with Gasteiger partial charge in [0, 0.05) is 18.5 Å². The zero-order valence-electron chi connectivity index (χ0n) is 15.7. The third-order valence-corrected chi connectivity index (χ3v) is 4.59. The van der Waals surface area contributed by atoms with Crippen molar-refractivity contribution in [2.24, 2.45) is 5.92 Å². The average Bonchev–Trinajstić information content (AvgIpc) is 2.58. The number of rotatable bonds is 7. The van der Waals surface area contributed by atoms with Crippen LogP contribution < -0.4 is 16.0 Å². The number of hydrogen-bond donors (Lipinski definition) is 3. The molecule has 0 aliphatic rings. The quantitative estimate of drug-likeness (QED) is 0.716. The summed E-state index contributed by atoms with van der Waals surface area (Å²) in [5.41, 5.74) is 2.55. The number of urea groups is 1. The van der Waals surface area contributed by atoms with Crippen LogP contribution in [0.4, 0.5) is 4.79 Å². The molecule has 0 aromatic heterocycles. The average molecular weight is 334 g/mol. The minimum absolute atomic E-state index is 0.168. The Kier molecular flexibility index (Phi) is 7.92. The summed E-state index contributed by atoms with van der Waals surface area (Å²) in [6, 6.07) is 8.03. The molecule has 0 saturated carbocycles. The molecule has 0 unspecified atom stereocenters. The molecule has 1 aromatic rings. The molecule has 5 heteroatoms. The molecule has 0 saturated heterocycles. The first kappa shape index (κ1) is 20.2. The second kappa shape index (κ2) is 9.42. The number of hydrogen-bond acceptors (Lipinski definition) is 2. The Bertz CT molecular complexity index is 540. The second-order valence-corrected chi connectivity index (χ2v) is 6.80. The highest BCUT2D eigenvalue weighted by atomic mass is 16.2. The number of nitrogens with two attached hydrogens (primary N) is 1. The van der Waals surface area contributed by atoms with Gasteiger partial charge in [-0.2, -0.15) is 0 Å². The number of amides is 3.